The van der Waals surface area contributed by atoms with E-state index < -0.39 is 0 Å². The predicted molar refractivity (Wildman–Crippen MR) is 50.9 cm³/mol. The Bertz CT molecular complexity index is 112. The van der Waals surface area contributed by atoms with Crippen molar-refractivity contribution in [2.45, 2.75) is 25.7 Å². The van der Waals surface area contributed by atoms with Crippen LogP contribution in [0.2, 0.25) is 0 Å². The van der Waals surface area contributed by atoms with Crippen LogP contribution in [0.1, 0.15) is 25.7 Å². The molecule has 0 aromatic rings. The fourth-order valence-electron chi connectivity index (χ4n) is 0.909. The van der Waals surface area contributed by atoms with Crippen LogP contribution >= 0.6 is 0 Å². The molecule has 0 aliphatic rings. The lowest BCUT2D eigenvalue weighted by molar-refractivity contribution is 0.342. The van der Waals surface area contributed by atoms with E-state index in [4.69, 9.17) is 10.2 Å². The highest BCUT2D eigenvalue weighted by Gasteiger charge is 1.82. The first-order valence-electron chi connectivity index (χ1n) is 4.43. The summed E-state index contributed by atoms with van der Waals surface area (Å²) < 4.78 is 0. The van der Waals surface area contributed by atoms with E-state index in [2.05, 4.69) is 0 Å². The fraction of sp³-hybridized carbons (Fsp3) is 0.600. The summed E-state index contributed by atoms with van der Waals surface area (Å²) in [5, 5.41) is 16.8. The molecule has 0 aromatic heterocycles. The molecular formula is C10H18O2. The average molecular weight is 170 g/mol. The van der Waals surface area contributed by atoms with Crippen molar-refractivity contribution >= 4 is 0 Å². The third kappa shape index (κ3) is 9.40. The second-order valence-corrected chi connectivity index (χ2v) is 2.59. The quantitative estimate of drug-likeness (QED) is 0.450. The first kappa shape index (κ1) is 11.4. The van der Waals surface area contributed by atoms with Gasteiger partial charge in [-0.3, -0.25) is 0 Å². The maximum absolute atomic E-state index is 8.41. The summed E-state index contributed by atoms with van der Waals surface area (Å²) in [6, 6.07) is 0. The lowest BCUT2D eigenvalue weighted by Crippen LogP contribution is -1.76. The molecule has 12 heavy (non-hydrogen) atoms. The molecule has 0 saturated carbocycles. The zero-order valence-corrected chi connectivity index (χ0v) is 7.45. The van der Waals surface area contributed by atoms with Gasteiger partial charge < -0.3 is 10.2 Å². The van der Waals surface area contributed by atoms with Crippen molar-refractivity contribution < 1.29 is 10.2 Å². The molecule has 0 amide bonds. The van der Waals surface area contributed by atoms with Gasteiger partial charge in [-0.25, -0.2) is 0 Å². The van der Waals surface area contributed by atoms with Crippen LogP contribution in [0, 0.1) is 0 Å². The Morgan fingerprint density at radius 1 is 0.667 bits per heavy atom. The Morgan fingerprint density at radius 3 is 1.42 bits per heavy atom. The number of allylic oxidation sites excluding steroid dienone is 2. The van der Waals surface area contributed by atoms with Crippen LogP contribution < -0.4 is 0 Å². The van der Waals surface area contributed by atoms with Gasteiger partial charge in [-0.2, -0.15) is 0 Å². The molecule has 0 fully saturated rings. The number of hydrogen-bond acceptors (Lipinski definition) is 2. The zero-order chi connectivity index (χ0) is 9.07. The molecule has 2 nitrogen and oxygen atoms in total. The molecule has 70 valence electrons. The van der Waals surface area contributed by atoms with E-state index in [1.807, 2.05) is 12.2 Å². The molecule has 0 atom stereocenters. The summed E-state index contributed by atoms with van der Waals surface area (Å²) in [7, 11) is 0. The smallest absolute Gasteiger partial charge is 0.0612 e. The van der Waals surface area contributed by atoms with Crippen molar-refractivity contribution in [3.63, 3.8) is 0 Å². The summed E-state index contributed by atoms with van der Waals surface area (Å²) in [5.41, 5.74) is 0. The number of rotatable bonds is 7. The van der Waals surface area contributed by atoms with Gasteiger partial charge in [0, 0.05) is 0 Å². The first-order chi connectivity index (χ1) is 5.91. The highest BCUT2D eigenvalue weighted by atomic mass is 16.3. The molecule has 0 spiro atoms. The highest BCUT2D eigenvalue weighted by Crippen LogP contribution is 2.01. The maximum atomic E-state index is 8.41. The topological polar surface area (TPSA) is 40.5 Å². The monoisotopic (exact) mass is 170 g/mol. The van der Waals surface area contributed by atoms with Crippen LogP contribution in [0.4, 0.5) is 0 Å². The van der Waals surface area contributed by atoms with Gasteiger partial charge >= 0.3 is 0 Å². The van der Waals surface area contributed by atoms with Crippen LogP contribution in [-0.2, 0) is 0 Å². The Morgan fingerprint density at radius 2 is 1.08 bits per heavy atom. The van der Waals surface area contributed by atoms with Crippen molar-refractivity contribution in [1.29, 1.82) is 0 Å². The van der Waals surface area contributed by atoms with Crippen LogP contribution in [0.3, 0.4) is 0 Å². The zero-order valence-electron chi connectivity index (χ0n) is 7.45. The second-order valence-electron chi connectivity index (χ2n) is 2.59. The number of aliphatic hydroxyl groups is 2. The Hall–Kier alpha value is -0.600. The maximum Gasteiger partial charge on any atom is 0.0612 e. The molecule has 0 radical (unpaired) electrons. The number of hydrogen-bond donors (Lipinski definition) is 2. The summed E-state index contributed by atoms with van der Waals surface area (Å²) in [6.07, 6.45) is 11.9. The third-order valence-corrected chi connectivity index (χ3v) is 1.54. The van der Waals surface area contributed by atoms with Gasteiger partial charge in [-0.15, -0.1) is 0 Å². The SMILES string of the molecule is OCC=CCCCCC=CCO. The summed E-state index contributed by atoms with van der Waals surface area (Å²) in [6.45, 7) is 0.287. The minimum atomic E-state index is 0.143. The minimum Gasteiger partial charge on any atom is -0.392 e. The van der Waals surface area contributed by atoms with Crippen molar-refractivity contribution in [1.82, 2.24) is 0 Å². The van der Waals surface area contributed by atoms with Crippen molar-refractivity contribution in [2.24, 2.45) is 0 Å². The van der Waals surface area contributed by atoms with Gasteiger partial charge in [-0.1, -0.05) is 24.3 Å². The van der Waals surface area contributed by atoms with E-state index in [1.54, 1.807) is 12.2 Å². The number of aliphatic hydroxyl groups excluding tert-OH is 2. The van der Waals surface area contributed by atoms with Gasteiger partial charge in [0.25, 0.3) is 0 Å². The molecule has 2 N–H and O–H groups in total. The predicted octanol–water partition coefficient (Wildman–Crippen LogP) is 1.64. The molecule has 0 unspecified atom stereocenters. The van der Waals surface area contributed by atoms with Gasteiger partial charge in [0.15, 0.2) is 0 Å². The molecule has 0 heterocycles. The molecule has 0 aromatic carbocycles. The summed E-state index contributed by atoms with van der Waals surface area (Å²) in [5.74, 6) is 0. The van der Waals surface area contributed by atoms with Crippen LogP contribution in [0.5, 0.6) is 0 Å². The lowest BCUT2D eigenvalue weighted by Gasteiger charge is -1.92. The molecule has 0 aliphatic carbocycles. The van der Waals surface area contributed by atoms with Gasteiger partial charge in [0.2, 0.25) is 0 Å². The molecule has 0 bridgehead atoms. The van der Waals surface area contributed by atoms with Crippen LogP contribution in [0.25, 0.3) is 0 Å². The van der Waals surface area contributed by atoms with E-state index in [0.717, 1.165) is 25.7 Å². The molecule has 0 aliphatic heterocycles. The first-order valence-corrected chi connectivity index (χ1v) is 4.43. The lowest BCUT2D eigenvalue weighted by atomic mass is 10.2. The fourth-order valence-corrected chi connectivity index (χ4v) is 0.909. The normalized spacial score (nSPS) is 11.8. The molecule has 2 heteroatoms. The Kier molecular flexibility index (Phi) is 9.88. The third-order valence-electron chi connectivity index (χ3n) is 1.54. The Labute approximate surface area is 74.2 Å². The average Bonchev–Trinajstić information content (AvgIpc) is 2.10. The van der Waals surface area contributed by atoms with Crippen molar-refractivity contribution in [3.05, 3.63) is 24.3 Å². The van der Waals surface area contributed by atoms with Gasteiger partial charge in [0.05, 0.1) is 13.2 Å². The van der Waals surface area contributed by atoms with E-state index in [9.17, 15) is 0 Å². The summed E-state index contributed by atoms with van der Waals surface area (Å²) >= 11 is 0. The highest BCUT2D eigenvalue weighted by molar-refractivity contribution is 4.83. The minimum absolute atomic E-state index is 0.143. The molecule has 0 rings (SSSR count). The van der Waals surface area contributed by atoms with Gasteiger partial charge in [0.1, 0.15) is 0 Å². The van der Waals surface area contributed by atoms with Crippen molar-refractivity contribution in [2.75, 3.05) is 13.2 Å². The standard InChI is InChI=1S/C10H18O2/c11-9-7-5-3-1-2-4-6-8-10-12/h5-8,11-12H,1-4,9-10H2. The molecule has 0 saturated heterocycles. The largest absolute Gasteiger partial charge is 0.392 e. The summed E-state index contributed by atoms with van der Waals surface area (Å²) in [4.78, 5) is 0. The van der Waals surface area contributed by atoms with E-state index in [-0.39, 0.29) is 13.2 Å². The Balaban J connectivity index is 3.00. The second kappa shape index (κ2) is 10.4. The van der Waals surface area contributed by atoms with Crippen LogP contribution in [-0.4, -0.2) is 23.4 Å². The number of unbranched alkanes of at least 4 members (excludes halogenated alkanes) is 3. The van der Waals surface area contributed by atoms with E-state index in [1.165, 1.54) is 0 Å². The molecular weight excluding hydrogens is 152 g/mol. The van der Waals surface area contributed by atoms with Crippen LogP contribution in [0.15, 0.2) is 24.3 Å². The van der Waals surface area contributed by atoms with Crippen molar-refractivity contribution in [3.8, 4) is 0 Å². The van der Waals surface area contributed by atoms with Gasteiger partial charge in [-0.05, 0) is 25.7 Å². The van der Waals surface area contributed by atoms with E-state index in [0.29, 0.717) is 0 Å². The van der Waals surface area contributed by atoms with E-state index >= 15 is 0 Å².